The fourth-order valence-corrected chi connectivity index (χ4v) is 3.18. The van der Waals surface area contributed by atoms with Crippen LogP contribution in [-0.2, 0) is 0 Å². The number of H-pyrrole nitrogens is 1. The van der Waals surface area contributed by atoms with Gasteiger partial charge in [-0.2, -0.15) is 0 Å². The number of nitrogens with zero attached hydrogens (tertiary/aromatic N) is 1. The van der Waals surface area contributed by atoms with E-state index in [4.69, 9.17) is 5.73 Å². The average molecular weight is 358 g/mol. The number of aromatic amines is 1. The van der Waals surface area contributed by atoms with Crippen molar-refractivity contribution < 1.29 is 19.8 Å². The molecule has 2 heterocycles. The number of pyridine rings is 1. The molecular formula is C17H18N4O5. The molecule has 136 valence electrons. The standard InChI is InChI=1S/C17H18N4O5/c18-14-12(16(23)24)11(13(17(25)26)15(22)20-14)9-3-1-2-4-10(9)21-7-5-19-6-8-21/h1-4,19H,5-8H2,(H,23,24)(H,25,26)(H3,18,20,22). The summed E-state index contributed by atoms with van der Waals surface area (Å²) in [6, 6.07) is 6.81. The Kier molecular flexibility index (Phi) is 4.63. The molecule has 1 fully saturated rings. The number of carbonyl (C=O) groups is 2. The van der Waals surface area contributed by atoms with Crippen LogP contribution < -0.4 is 21.5 Å². The Morgan fingerprint density at radius 2 is 1.65 bits per heavy atom. The number of benzene rings is 1. The van der Waals surface area contributed by atoms with Gasteiger partial charge < -0.3 is 31.1 Å². The molecule has 1 aliphatic rings. The van der Waals surface area contributed by atoms with Crippen molar-refractivity contribution in [2.45, 2.75) is 0 Å². The van der Waals surface area contributed by atoms with Gasteiger partial charge in [-0.1, -0.05) is 18.2 Å². The van der Waals surface area contributed by atoms with Crippen LogP contribution in [0.2, 0.25) is 0 Å². The maximum atomic E-state index is 12.2. The average Bonchev–Trinajstić information content (AvgIpc) is 2.61. The number of piperazine rings is 1. The van der Waals surface area contributed by atoms with E-state index in [-0.39, 0.29) is 11.4 Å². The van der Waals surface area contributed by atoms with Gasteiger partial charge in [-0.25, -0.2) is 9.59 Å². The molecule has 0 aliphatic carbocycles. The molecule has 26 heavy (non-hydrogen) atoms. The van der Waals surface area contributed by atoms with Gasteiger partial charge in [0.2, 0.25) is 0 Å². The third-order valence-corrected chi connectivity index (χ3v) is 4.30. The highest BCUT2D eigenvalue weighted by atomic mass is 16.4. The van der Waals surface area contributed by atoms with Gasteiger partial charge in [-0.05, 0) is 6.07 Å². The van der Waals surface area contributed by atoms with Gasteiger partial charge in [-0.3, -0.25) is 4.79 Å². The van der Waals surface area contributed by atoms with Crippen LogP contribution in [0.15, 0.2) is 29.1 Å². The van der Waals surface area contributed by atoms with E-state index in [1.165, 1.54) is 0 Å². The predicted molar refractivity (Wildman–Crippen MR) is 95.9 cm³/mol. The van der Waals surface area contributed by atoms with E-state index >= 15 is 0 Å². The van der Waals surface area contributed by atoms with E-state index in [9.17, 15) is 24.6 Å². The third-order valence-electron chi connectivity index (χ3n) is 4.30. The molecule has 1 aliphatic heterocycles. The quantitative estimate of drug-likeness (QED) is 0.528. The summed E-state index contributed by atoms with van der Waals surface area (Å²) >= 11 is 0. The van der Waals surface area contributed by atoms with Crippen molar-refractivity contribution >= 4 is 23.4 Å². The molecule has 0 radical (unpaired) electrons. The molecular weight excluding hydrogens is 340 g/mol. The third kappa shape index (κ3) is 3.00. The van der Waals surface area contributed by atoms with E-state index in [1.807, 2.05) is 4.90 Å². The first-order valence-corrected chi connectivity index (χ1v) is 7.99. The molecule has 6 N–H and O–H groups in total. The van der Waals surface area contributed by atoms with Gasteiger partial charge in [0.05, 0.1) is 0 Å². The molecule has 2 aromatic rings. The zero-order chi connectivity index (χ0) is 18.8. The first kappa shape index (κ1) is 17.5. The number of aromatic nitrogens is 1. The minimum absolute atomic E-state index is 0.180. The van der Waals surface area contributed by atoms with Crippen LogP contribution in [0.3, 0.4) is 0 Å². The van der Waals surface area contributed by atoms with Crippen molar-refractivity contribution in [3.63, 3.8) is 0 Å². The summed E-state index contributed by atoms with van der Waals surface area (Å²) in [4.78, 5) is 39.8. The van der Waals surface area contributed by atoms with E-state index in [0.29, 0.717) is 24.3 Å². The predicted octanol–water partition coefficient (Wildman–Crippen LogP) is 0.430. The minimum atomic E-state index is -1.51. The normalized spacial score (nSPS) is 14.2. The molecule has 1 saturated heterocycles. The van der Waals surface area contributed by atoms with Crippen LogP contribution in [0.5, 0.6) is 0 Å². The number of hydrogen-bond donors (Lipinski definition) is 5. The van der Waals surface area contributed by atoms with E-state index in [1.54, 1.807) is 24.3 Å². The highest BCUT2D eigenvalue weighted by Crippen LogP contribution is 2.36. The van der Waals surface area contributed by atoms with Gasteiger partial charge in [-0.15, -0.1) is 0 Å². The van der Waals surface area contributed by atoms with Crippen LogP contribution >= 0.6 is 0 Å². The van der Waals surface area contributed by atoms with Crippen LogP contribution in [0.4, 0.5) is 11.5 Å². The molecule has 0 saturated carbocycles. The largest absolute Gasteiger partial charge is 0.478 e. The molecule has 3 rings (SSSR count). The number of nitrogens with two attached hydrogens (primary N) is 1. The SMILES string of the molecule is Nc1[nH]c(=O)c(C(=O)O)c(-c2ccccc2N2CCNCC2)c1C(=O)O. The molecule has 1 aromatic carbocycles. The van der Waals surface area contributed by atoms with Crippen LogP contribution in [0.1, 0.15) is 20.7 Å². The molecule has 0 atom stereocenters. The summed E-state index contributed by atoms with van der Waals surface area (Å²) in [5.41, 5.74) is 4.52. The number of nitrogens with one attached hydrogen (secondary N) is 2. The monoisotopic (exact) mass is 358 g/mol. The molecule has 9 nitrogen and oxygen atoms in total. The van der Waals surface area contributed by atoms with Crippen LogP contribution in [0.25, 0.3) is 11.1 Å². The Balaban J connectivity index is 2.35. The first-order valence-electron chi connectivity index (χ1n) is 7.99. The maximum Gasteiger partial charge on any atom is 0.342 e. The number of carboxylic acid groups (broad SMARTS) is 2. The van der Waals surface area contributed by atoms with Gasteiger partial charge >= 0.3 is 11.9 Å². The highest BCUT2D eigenvalue weighted by Gasteiger charge is 2.28. The number of aromatic carboxylic acids is 2. The van der Waals surface area contributed by atoms with Gasteiger partial charge in [0, 0.05) is 43.0 Å². The summed E-state index contributed by atoms with van der Waals surface area (Å²) in [5, 5.41) is 22.3. The number of anilines is 2. The fourth-order valence-electron chi connectivity index (χ4n) is 3.18. The van der Waals surface area contributed by atoms with Gasteiger partial charge in [0.15, 0.2) is 0 Å². The van der Waals surface area contributed by atoms with Crippen LogP contribution in [-0.4, -0.2) is 53.3 Å². The summed E-state index contributed by atoms with van der Waals surface area (Å²) < 4.78 is 0. The zero-order valence-corrected chi connectivity index (χ0v) is 13.8. The first-order chi connectivity index (χ1) is 12.4. The van der Waals surface area contributed by atoms with E-state index in [0.717, 1.165) is 13.1 Å². The molecule has 0 amide bonds. The maximum absolute atomic E-state index is 12.2. The Bertz CT molecular complexity index is 931. The molecule has 0 unspecified atom stereocenters. The number of carboxylic acids is 2. The Morgan fingerprint density at radius 1 is 1.04 bits per heavy atom. The van der Waals surface area contributed by atoms with Crippen molar-refractivity contribution in [1.29, 1.82) is 0 Å². The van der Waals surface area contributed by atoms with Crippen molar-refractivity contribution in [3.8, 4) is 11.1 Å². The van der Waals surface area contributed by atoms with Crippen molar-refractivity contribution in [2.24, 2.45) is 0 Å². The summed E-state index contributed by atoms with van der Waals surface area (Å²) in [7, 11) is 0. The number of hydrogen-bond acceptors (Lipinski definition) is 6. The van der Waals surface area contributed by atoms with E-state index < -0.39 is 28.6 Å². The lowest BCUT2D eigenvalue weighted by atomic mass is 9.93. The number of nitrogen functional groups attached to an aromatic ring is 1. The van der Waals surface area contributed by atoms with Crippen molar-refractivity contribution in [1.82, 2.24) is 10.3 Å². The summed E-state index contributed by atoms with van der Waals surface area (Å²) in [5.74, 6) is -3.30. The number of para-hydroxylation sites is 1. The topological polar surface area (TPSA) is 149 Å². The van der Waals surface area contributed by atoms with Gasteiger partial charge in [0.1, 0.15) is 16.9 Å². The summed E-state index contributed by atoms with van der Waals surface area (Å²) in [6.07, 6.45) is 0. The van der Waals surface area contributed by atoms with E-state index in [2.05, 4.69) is 10.3 Å². The Hall–Kier alpha value is -3.33. The number of rotatable bonds is 4. The Labute approximate surface area is 148 Å². The lowest BCUT2D eigenvalue weighted by Crippen LogP contribution is -2.43. The lowest BCUT2D eigenvalue weighted by Gasteiger charge is -2.31. The van der Waals surface area contributed by atoms with Crippen molar-refractivity contribution in [2.75, 3.05) is 36.8 Å². The van der Waals surface area contributed by atoms with Crippen LogP contribution in [0, 0.1) is 0 Å². The summed E-state index contributed by atoms with van der Waals surface area (Å²) in [6.45, 7) is 2.81. The molecule has 0 spiro atoms. The second-order valence-corrected chi connectivity index (χ2v) is 5.86. The fraction of sp³-hybridized carbons (Fsp3) is 0.235. The second-order valence-electron chi connectivity index (χ2n) is 5.86. The second kappa shape index (κ2) is 6.89. The van der Waals surface area contributed by atoms with Gasteiger partial charge in [0.25, 0.3) is 5.56 Å². The molecule has 1 aromatic heterocycles. The lowest BCUT2D eigenvalue weighted by molar-refractivity contribution is 0.0695. The minimum Gasteiger partial charge on any atom is -0.478 e. The highest BCUT2D eigenvalue weighted by molar-refractivity contribution is 6.08. The molecule has 0 bridgehead atoms. The van der Waals surface area contributed by atoms with Crippen molar-refractivity contribution in [3.05, 3.63) is 45.7 Å². The Morgan fingerprint density at radius 3 is 2.27 bits per heavy atom. The smallest absolute Gasteiger partial charge is 0.342 e. The molecule has 9 heteroatoms. The zero-order valence-electron chi connectivity index (χ0n) is 13.8.